The molecular weight excluding hydrogens is 204 g/mol. The predicted molar refractivity (Wildman–Crippen MR) is 66.5 cm³/mol. The zero-order valence-corrected chi connectivity index (χ0v) is 10.6. The number of aryl methyl sites for hydroxylation is 1. The number of thiophene rings is 1. The van der Waals surface area contributed by atoms with E-state index in [4.69, 9.17) is 0 Å². The molecule has 0 amide bonds. The Morgan fingerprint density at radius 1 is 1.53 bits per heavy atom. The van der Waals surface area contributed by atoms with Gasteiger partial charge in [-0.25, -0.2) is 0 Å². The number of rotatable bonds is 3. The third-order valence-electron chi connectivity index (χ3n) is 3.06. The maximum absolute atomic E-state index is 3.71. The summed E-state index contributed by atoms with van der Waals surface area (Å²) in [5.74, 6) is 0. The molecule has 2 nitrogen and oxygen atoms in total. The molecule has 0 saturated carbocycles. The summed E-state index contributed by atoms with van der Waals surface area (Å²) in [5.41, 5.74) is 0. The van der Waals surface area contributed by atoms with Gasteiger partial charge in [-0.3, -0.25) is 0 Å². The number of hydrogen-bond donors (Lipinski definition) is 1. The highest BCUT2D eigenvalue weighted by Gasteiger charge is 2.21. The van der Waals surface area contributed by atoms with E-state index in [2.05, 4.69) is 43.2 Å². The molecule has 0 aliphatic carbocycles. The highest BCUT2D eigenvalue weighted by atomic mass is 32.1. The van der Waals surface area contributed by atoms with Crippen molar-refractivity contribution in [1.29, 1.82) is 0 Å². The molecule has 2 atom stereocenters. The van der Waals surface area contributed by atoms with Crippen molar-refractivity contribution >= 4 is 11.3 Å². The van der Waals surface area contributed by atoms with Gasteiger partial charge in [-0.15, -0.1) is 11.3 Å². The molecule has 0 radical (unpaired) electrons. The van der Waals surface area contributed by atoms with Crippen molar-refractivity contribution in [2.24, 2.45) is 0 Å². The van der Waals surface area contributed by atoms with Gasteiger partial charge in [0.05, 0.1) is 0 Å². The summed E-state index contributed by atoms with van der Waals surface area (Å²) < 4.78 is 0. The summed E-state index contributed by atoms with van der Waals surface area (Å²) in [6.07, 6.45) is 1.28. The van der Waals surface area contributed by atoms with Gasteiger partial charge in [0.25, 0.3) is 0 Å². The number of likely N-dealkylation sites (N-methyl/N-ethyl adjacent to an activating group) is 1. The van der Waals surface area contributed by atoms with E-state index < -0.39 is 0 Å². The van der Waals surface area contributed by atoms with E-state index in [0.717, 1.165) is 0 Å². The average molecular weight is 224 g/mol. The first kappa shape index (κ1) is 11.1. The van der Waals surface area contributed by atoms with Crippen LogP contribution in [0.4, 0.5) is 0 Å². The van der Waals surface area contributed by atoms with Gasteiger partial charge in [-0.05, 0) is 46.0 Å². The van der Waals surface area contributed by atoms with Crippen LogP contribution in [0.3, 0.4) is 0 Å². The lowest BCUT2D eigenvalue weighted by Gasteiger charge is -2.18. The molecule has 2 heterocycles. The lowest BCUT2D eigenvalue weighted by molar-refractivity contribution is 0.388. The van der Waals surface area contributed by atoms with E-state index in [0.29, 0.717) is 12.1 Å². The van der Waals surface area contributed by atoms with Crippen molar-refractivity contribution < 1.29 is 0 Å². The Hall–Kier alpha value is -0.380. The molecule has 1 aliphatic heterocycles. The Balaban J connectivity index is 1.89. The lowest BCUT2D eigenvalue weighted by Crippen LogP contribution is -2.33. The summed E-state index contributed by atoms with van der Waals surface area (Å²) >= 11 is 1.90. The first-order chi connectivity index (χ1) is 7.15. The zero-order valence-electron chi connectivity index (χ0n) is 9.79. The first-order valence-corrected chi connectivity index (χ1v) is 6.47. The van der Waals surface area contributed by atoms with Crippen LogP contribution in [0.5, 0.6) is 0 Å². The van der Waals surface area contributed by atoms with Crippen molar-refractivity contribution in [3.8, 4) is 0 Å². The van der Waals surface area contributed by atoms with E-state index >= 15 is 0 Å². The smallest absolute Gasteiger partial charge is 0.0388 e. The van der Waals surface area contributed by atoms with Crippen LogP contribution < -0.4 is 5.32 Å². The summed E-state index contributed by atoms with van der Waals surface area (Å²) in [6.45, 7) is 6.86. The van der Waals surface area contributed by atoms with E-state index in [-0.39, 0.29) is 0 Å². The molecule has 0 unspecified atom stereocenters. The molecule has 1 fully saturated rings. The van der Waals surface area contributed by atoms with Crippen molar-refractivity contribution in [2.45, 2.75) is 32.4 Å². The van der Waals surface area contributed by atoms with Crippen LogP contribution in [0.2, 0.25) is 0 Å². The monoisotopic (exact) mass is 224 g/mol. The Morgan fingerprint density at radius 3 is 2.87 bits per heavy atom. The maximum atomic E-state index is 3.71. The molecule has 1 aliphatic rings. The third-order valence-corrected chi connectivity index (χ3v) is 4.25. The van der Waals surface area contributed by atoms with Gasteiger partial charge in [0.1, 0.15) is 0 Å². The SMILES string of the molecule is Cc1ccc([C@H](C)N[C@@H]2CCN(C)C2)s1. The highest BCUT2D eigenvalue weighted by Crippen LogP contribution is 2.23. The minimum Gasteiger partial charge on any atom is -0.305 e. The van der Waals surface area contributed by atoms with Crippen molar-refractivity contribution in [2.75, 3.05) is 20.1 Å². The zero-order chi connectivity index (χ0) is 10.8. The van der Waals surface area contributed by atoms with Gasteiger partial charge < -0.3 is 10.2 Å². The van der Waals surface area contributed by atoms with E-state index in [1.165, 1.54) is 29.3 Å². The molecule has 0 aromatic carbocycles. The molecule has 2 rings (SSSR count). The minimum absolute atomic E-state index is 0.500. The highest BCUT2D eigenvalue weighted by molar-refractivity contribution is 7.12. The van der Waals surface area contributed by atoms with Crippen LogP contribution in [0.25, 0.3) is 0 Å². The van der Waals surface area contributed by atoms with Gasteiger partial charge >= 0.3 is 0 Å². The van der Waals surface area contributed by atoms with Gasteiger partial charge in [-0.2, -0.15) is 0 Å². The van der Waals surface area contributed by atoms with Crippen LogP contribution >= 0.6 is 11.3 Å². The van der Waals surface area contributed by atoms with E-state index in [1.54, 1.807) is 0 Å². The molecule has 3 heteroatoms. The largest absolute Gasteiger partial charge is 0.305 e. The molecule has 1 saturated heterocycles. The topological polar surface area (TPSA) is 15.3 Å². The van der Waals surface area contributed by atoms with Gasteiger partial charge in [0.15, 0.2) is 0 Å². The van der Waals surface area contributed by atoms with Crippen LogP contribution in [0.15, 0.2) is 12.1 Å². The second kappa shape index (κ2) is 4.64. The summed E-state index contributed by atoms with van der Waals surface area (Å²) in [5, 5.41) is 3.71. The Kier molecular flexibility index (Phi) is 3.44. The molecule has 1 N–H and O–H groups in total. The summed E-state index contributed by atoms with van der Waals surface area (Å²) in [6, 6.07) is 5.63. The number of likely N-dealkylation sites (tertiary alicyclic amines) is 1. The predicted octanol–water partition coefficient (Wildman–Crippen LogP) is 2.41. The van der Waals surface area contributed by atoms with Crippen LogP contribution in [0, 0.1) is 6.92 Å². The van der Waals surface area contributed by atoms with Gasteiger partial charge in [0.2, 0.25) is 0 Å². The van der Waals surface area contributed by atoms with E-state index in [1.807, 2.05) is 11.3 Å². The lowest BCUT2D eigenvalue weighted by atomic mass is 10.2. The number of nitrogens with one attached hydrogen (secondary N) is 1. The van der Waals surface area contributed by atoms with Crippen molar-refractivity contribution in [3.05, 3.63) is 21.9 Å². The maximum Gasteiger partial charge on any atom is 0.0388 e. The van der Waals surface area contributed by atoms with Crippen LogP contribution in [-0.2, 0) is 0 Å². The second-order valence-corrected chi connectivity index (χ2v) is 5.90. The molecule has 0 bridgehead atoms. The van der Waals surface area contributed by atoms with Gasteiger partial charge in [0, 0.05) is 28.4 Å². The first-order valence-electron chi connectivity index (χ1n) is 5.66. The standard InChI is InChI=1S/C12H20N2S/c1-9-4-5-12(15-9)10(2)13-11-6-7-14(3)8-11/h4-5,10-11,13H,6-8H2,1-3H3/t10-,11+/m0/s1. The average Bonchev–Trinajstić information content (AvgIpc) is 2.75. The molecule has 0 spiro atoms. The van der Waals surface area contributed by atoms with Gasteiger partial charge in [-0.1, -0.05) is 0 Å². The summed E-state index contributed by atoms with van der Waals surface area (Å²) in [7, 11) is 2.20. The Labute approximate surface area is 96.3 Å². The number of hydrogen-bond acceptors (Lipinski definition) is 3. The number of nitrogens with zero attached hydrogens (tertiary/aromatic N) is 1. The summed E-state index contributed by atoms with van der Waals surface area (Å²) in [4.78, 5) is 5.26. The normalized spacial score (nSPS) is 24.6. The quantitative estimate of drug-likeness (QED) is 0.848. The minimum atomic E-state index is 0.500. The van der Waals surface area contributed by atoms with Crippen molar-refractivity contribution in [1.82, 2.24) is 10.2 Å². The fourth-order valence-electron chi connectivity index (χ4n) is 2.19. The van der Waals surface area contributed by atoms with E-state index in [9.17, 15) is 0 Å². The molecule has 15 heavy (non-hydrogen) atoms. The third kappa shape index (κ3) is 2.80. The van der Waals surface area contributed by atoms with Crippen molar-refractivity contribution in [3.63, 3.8) is 0 Å². The Bertz CT molecular complexity index is 321. The molecule has 84 valence electrons. The fourth-order valence-corrected chi connectivity index (χ4v) is 3.08. The van der Waals surface area contributed by atoms with Crippen LogP contribution in [-0.4, -0.2) is 31.1 Å². The molecule has 1 aromatic heterocycles. The second-order valence-electron chi connectivity index (χ2n) is 4.58. The fraction of sp³-hybridized carbons (Fsp3) is 0.667. The molecular formula is C12H20N2S. The molecule has 1 aromatic rings. The Morgan fingerprint density at radius 2 is 2.33 bits per heavy atom. The van der Waals surface area contributed by atoms with Crippen LogP contribution in [0.1, 0.15) is 29.1 Å².